The van der Waals surface area contributed by atoms with Crippen molar-refractivity contribution in [1.29, 1.82) is 0 Å². The highest BCUT2D eigenvalue weighted by molar-refractivity contribution is 4.89. The molecule has 0 saturated carbocycles. The first-order valence-corrected chi connectivity index (χ1v) is 6.54. The molecule has 88 valence electrons. The van der Waals surface area contributed by atoms with Crippen LogP contribution in [0.2, 0.25) is 0 Å². The van der Waals surface area contributed by atoms with Gasteiger partial charge in [0.1, 0.15) is 0 Å². The van der Waals surface area contributed by atoms with Crippen molar-refractivity contribution >= 4 is 0 Å². The fourth-order valence-corrected chi connectivity index (χ4v) is 3.20. The highest BCUT2D eigenvalue weighted by atomic mass is 16.5. The third-order valence-electron chi connectivity index (χ3n) is 3.92. The van der Waals surface area contributed by atoms with Gasteiger partial charge in [-0.15, -0.1) is 0 Å². The molecule has 2 heteroatoms. The number of nitrogens with zero attached hydrogens (tertiary/aromatic N) is 1. The molecule has 2 aliphatic rings. The maximum absolute atomic E-state index is 5.88. The third kappa shape index (κ3) is 2.54. The van der Waals surface area contributed by atoms with E-state index in [2.05, 4.69) is 25.7 Å². The summed E-state index contributed by atoms with van der Waals surface area (Å²) in [5, 5.41) is 0. The second kappa shape index (κ2) is 4.84. The number of hydrogen-bond donors (Lipinski definition) is 0. The van der Waals surface area contributed by atoms with Crippen LogP contribution in [0.15, 0.2) is 0 Å². The number of fused-ring (bicyclic) bond motifs is 1. The summed E-state index contributed by atoms with van der Waals surface area (Å²) in [7, 11) is 0. The molecular weight excluding hydrogens is 186 g/mol. The zero-order chi connectivity index (χ0) is 10.8. The van der Waals surface area contributed by atoms with Crippen LogP contribution in [0.25, 0.3) is 0 Å². The van der Waals surface area contributed by atoms with E-state index in [1.807, 2.05) is 0 Å². The Morgan fingerprint density at radius 1 is 1.40 bits per heavy atom. The van der Waals surface area contributed by atoms with Crippen LogP contribution in [0.3, 0.4) is 0 Å². The maximum atomic E-state index is 5.88. The van der Waals surface area contributed by atoms with Gasteiger partial charge >= 0.3 is 0 Å². The first kappa shape index (κ1) is 11.4. The number of piperidine rings is 1. The zero-order valence-corrected chi connectivity index (χ0v) is 10.4. The predicted octanol–water partition coefficient (Wildman–Crippen LogP) is 2.39. The summed E-state index contributed by atoms with van der Waals surface area (Å²) in [5.41, 5.74) is 0. The monoisotopic (exact) mass is 211 g/mol. The van der Waals surface area contributed by atoms with Crippen molar-refractivity contribution in [3.8, 4) is 0 Å². The lowest BCUT2D eigenvalue weighted by Gasteiger charge is -2.36. The van der Waals surface area contributed by atoms with Gasteiger partial charge in [-0.2, -0.15) is 0 Å². The van der Waals surface area contributed by atoms with Crippen LogP contribution in [-0.4, -0.2) is 37.2 Å². The SMILES string of the molecule is CCC1OCC2CCN(CC(C)C)CC21. The van der Waals surface area contributed by atoms with E-state index < -0.39 is 0 Å². The maximum Gasteiger partial charge on any atom is 0.0616 e. The van der Waals surface area contributed by atoms with E-state index in [1.54, 1.807) is 0 Å². The Balaban J connectivity index is 1.90. The van der Waals surface area contributed by atoms with Gasteiger partial charge in [0.25, 0.3) is 0 Å². The Bertz CT molecular complexity index is 199. The normalized spacial score (nSPS) is 37.2. The van der Waals surface area contributed by atoms with Crippen molar-refractivity contribution in [2.45, 2.75) is 39.7 Å². The molecule has 0 radical (unpaired) electrons. The topological polar surface area (TPSA) is 12.5 Å². The van der Waals surface area contributed by atoms with E-state index in [0.717, 1.165) is 24.4 Å². The van der Waals surface area contributed by atoms with Gasteiger partial charge in [-0.05, 0) is 31.2 Å². The van der Waals surface area contributed by atoms with Crippen molar-refractivity contribution in [3.05, 3.63) is 0 Å². The molecule has 3 atom stereocenters. The van der Waals surface area contributed by atoms with E-state index in [4.69, 9.17) is 4.74 Å². The van der Waals surface area contributed by atoms with E-state index in [9.17, 15) is 0 Å². The molecule has 2 rings (SSSR count). The second-order valence-corrected chi connectivity index (χ2v) is 5.65. The van der Waals surface area contributed by atoms with Crippen molar-refractivity contribution in [2.24, 2.45) is 17.8 Å². The van der Waals surface area contributed by atoms with Gasteiger partial charge in [0.2, 0.25) is 0 Å². The minimum absolute atomic E-state index is 0.546. The fourth-order valence-electron chi connectivity index (χ4n) is 3.20. The molecular formula is C13H25NO. The molecule has 2 heterocycles. The Hall–Kier alpha value is -0.0800. The predicted molar refractivity (Wildman–Crippen MR) is 62.9 cm³/mol. The molecule has 0 aliphatic carbocycles. The Morgan fingerprint density at radius 3 is 2.87 bits per heavy atom. The molecule has 2 saturated heterocycles. The van der Waals surface area contributed by atoms with E-state index in [-0.39, 0.29) is 0 Å². The summed E-state index contributed by atoms with van der Waals surface area (Å²) < 4.78 is 5.88. The molecule has 15 heavy (non-hydrogen) atoms. The lowest BCUT2D eigenvalue weighted by Crippen LogP contribution is -2.43. The molecule has 0 spiro atoms. The Kier molecular flexibility index (Phi) is 3.68. The minimum Gasteiger partial charge on any atom is -0.378 e. The highest BCUT2D eigenvalue weighted by Crippen LogP contribution is 2.35. The highest BCUT2D eigenvalue weighted by Gasteiger charge is 2.39. The smallest absolute Gasteiger partial charge is 0.0616 e. The van der Waals surface area contributed by atoms with Crippen LogP contribution in [0.4, 0.5) is 0 Å². The molecule has 3 unspecified atom stereocenters. The van der Waals surface area contributed by atoms with Crippen LogP contribution in [-0.2, 0) is 4.74 Å². The van der Waals surface area contributed by atoms with E-state index >= 15 is 0 Å². The summed E-state index contributed by atoms with van der Waals surface area (Å²) in [5.74, 6) is 2.48. The summed E-state index contributed by atoms with van der Waals surface area (Å²) in [6.07, 6.45) is 3.09. The Labute approximate surface area is 94.0 Å². The standard InChI is InChI=1S/C13H25NO/c1-4-13-12-8-14(7-10(2)3)6-5-11(12)9-15-13/h10-13H,4-9H2,1-3H3. The van der Waals surface area contributed by atoms with Gasteiger partial charge in [-0.25, -0.2) is 0 Å². The Morgan fingerprint density at radius 2 is 2.20 bits per heavy atom. The van der Waals surface area contributed by atoms with Gasteiger partial charge in [0.15, 0.2) is 0 Å². The molecule has 0 amide bonds. The number of likely N-dealkylation sites (tertiary alicyclic amines) is 1. The van der Waals surface area contributed by atoms with Gasteiger partial charge < -0.3 is 9.64 Å². The lowest BCUT2D eigenvalue weighted by atomic mass is 9.83. The molecule has 2 aliphatic heterocycles. The summed E-state index contributed by atoms with van der Waals surface area (Å²) in [4.78, 5) is 2.64. The summed E-state index contributed by atoms with van der Waals surface area (Å²) in [6.45, 7) is 11.7. The first-order chi connectivity index (χ1) is 7.20. The molecule has 0 aromatic rings. The van der Waals surface area contributed by atoms with Gasteiger partial charge in [0.05, 0.1) is 12.7 Å². The van der Waals surface area contributed by atoms with E-state index in [0.29, 0.717) is 6.10 Å². The molecule has 0 aromatic carbocycles. The fraction of sp³-hybridized carbons (Fsp3) is 1.00. The number of ether oxygens (including phenoxy) is 1. The summed E-state index contributed by atoms with van der Waals surface area (Å²) >= 11 is 0. The largest absolute Gasteiger partial charge is 0.378 e. The molecule has 0 bridgehead atoms. The van der Waals surface area contributed by atoms with Crippen molar-refractivity contribution in [1.82, 2.24) is 4.90 Å². The van der Waals surface area contributed by atoms with Crippen molar-refractivity contribution in [2.75, 3.05) is 26.2 Å². The minimum atomic E-state index is 0.546. The second-order valence-electron chi connectivity index (χ2n) is 5.65. The first-order valence-electron chi connectivity index (χ1n) is 6.54. The molecule has 2 fully saturated rings. The number of hydrogen-bond acceptors (Lipinski definition) is 2. The average molecular weight is 211 g/mol. The van der Waals surface area contributed by atoms with Gasteiger partial charge in [0, 0.05) is 19.0 Å². The van der Waals surface area contributed by atoms with Crippen molar-refractivity contribution in [3.63, 3.8) is 0 Å². The van der Waals surface area contributed by atoms with Crippen LogP contribution < -0.4 is 0 Å². The van der Waals surface area contributed by atoms with Gasteiger partial charge in [-0.1, -0.05) is 20.8 Å². The average Bonchev–Trinajstić information content (AvgIpc) is 2.59. The van der Waals surface area contributed by atoms with Crippen LogP contribution in [0.5, 0.6) is 0 Å². The van der Waals surface area contributed by atoms with E-state index in [1.165, 1.54) is 32.5 Å². The van der Waals surface area contributed by atoms with Gasteiger partial charge in [-0.3, -0.25) is 0 Å². The molecule has 0 aromatic heterocycles. The molecule has 0 N–H and O–H groups in total. The third-order valence-corrected chi connectivity index (χ3v) is 3.92. The zero-order valence-electron chi connectivity index (χ0n) is 10.4. The summed E-state index contributed by atoms with van der Waals surface area (Å²) in [6, 6.07) is 0. The van der Waals surface area contributed by atoms with Crippen molar-refractivity contribution < 1.29 is 4.74 Å². The number of rotatable bonds is 3. The van der Waals surface area contributed by atoms with Crippen LogP contribution in [0.1, 0.15) is 33.6 Å². The lowest BCUT2D eigenvalue weighted by molar-refractivity contribution is 0.0704. The molecule has 2 nitrogen and oxygen atoms in total. The quantitative estimate of drug-likeness (QED) is 0.710. The van der Waals surface area contributed by atoms with Crippen LogP contribution in [0, 0.1) is 17.8 Å². The van der Waals surface area contributed by atoms with Crippen LogP contribution >= 0.6 is 0 Å².